The number of unbranched alkanes of at least 4 members (excludes halogenated alkanes) is 1. The Balaban J connectivity index is 2.22. The molecule has 0 aliphatic heterocycles. The van der Waals surface area contributed by atoms with E-state index in [1.807, 2.05) is 0 Å². The molecule has 8 nitrogen and oxygen atoms in total. The number of hydrogen-bond acceptors (Lipinski definition) is 6. The first-order valence-electron chi connectivity index (χ1n) is 8.96. The molecule has 0 aliphatic carbocycles. The summed E-state index contributed by atoms with van der Waals surface area (Å²) >= 11 is 0. The van der Waals surface area contributed by atoms with Crippen LogP contribution in [0.4, 0.5) is 11.4 Å². The van der Waals surface area contributed by atoms with Gasteiger partial charge in [-0.2, -0.15) is 10.4 Å². The number of nitrogens with zero attached hydrogens (tertiary/aromatic N) is 4. The average molecular weight is 378 g/mol. The molecule has 1 amide bonds. The van der Waals surface area contributed by atoms with E-state index in [1.165, 1.54) is 4.68 Å². The van der Waals surface area contributed by atoms with Crippen LogP contribution in [0.25, 0.3) is 0 Å². The number of hydrogen-bond donors (Lipinski definition) is 3. The number of nitriles is 1. The first kappa shape index (κ1) is 20.6. The van der Waals surface area contributed by atoms with Crippen LogP contribution in [0, 0.1) is 11.3 Å². The third kappa shape index (κ3) is 6.21. The maximum atomic E-state index is 12.8. The standard InChI is InChI=1S/C20H23N7O/c1-3-4-11-23-15(2)19(20(28)24-18-6-5-12-27(22)14-18)26-25-17-9-7-16(13-21)8-10-17/h5-10,12,14H,3-4,11,22H2,1-2H3,(H-,23,24,25,28)/p+1. The summed E-state index contributed by atoms with van der Waals surface area (Å²) in [6.07, 6.45) is 5.20. The zero-order chi connectivity index (χ0) is 20.4. The molecule has 28 heavy (non-hydrogen) atoms. The Labute approximate surface area is 164 Å². The van der Waals surface area contributed by atoms with Crippen molar-refractivity contribution >= 4 is 28.7 Å². The number of hydrazone groups is 1. The Morgan fingerprint density at radius 1 is 1.25 bits per heavy atom. The summed E-state index contributed by atoms with van der Waals surface area (Å²) in [6, 6.07) is 12.3. The maximum Gasteiger partial charge on any atom is 0.278 e. The first-order valence-corrected chi connectivity index (χ1v) is 8.96. The molecule has 2 aromatic rings. The molecular weight excluding hydrogens is 354 g/mol. The highest BCUT2D eigenvalue weighted by molar-refractivity contribution is 6.68. The topological polar surface area (TPSA) is 120 Å². The second kappa shape index (κ2) is 10.4. The molecule has 0 saturated carbocycles. The lowest BCUT2D eigenvalue weighted by Crippen LogP contribution is -2.43. The third-order valence-electron chi connectivity index (χ3n) is 3.81. The Bertz CT molecular complexity index is 911. The van der Waals surface area contributed by atoms with Gasteiger partial charge in [0, 0.05) is 12.6 Å². The van der Waals surface area contributed by atoms with E-state index in [2.05, 4.69) is 33.8 Å². The minimum Gasteiger partial charge on any atom is -0.315 e. The van der Waals surface area contributed by atoms with Gasteiger partial charge in [0.1, 0.15) is 5.69 Å². The normalized spacial score (nSPS) is 11.6. The van der Waals surface area contributed by atoms with Crippen LogP contribution in [0.3, 0.4) is 0 Å². The highest BCUT2D eigenvalue weighted by atomic mass is 16.2. The van der Waals surface area contributed by atoms with Crippen LogP contribution in [0.2, 0.25) is 0 Å². The van der Waals surface area contributed by atoms with Crippen molar-refractivity contribution in [3.05, 3.63) is 54.4 Å². The highest BCUT2D eigenvalue weighted by Gasteiger charge is 2.17. The van der Waals surface area contributed by atoms with E-state index in [4.69, 9.17) is 11.1 Å². The lowest BCUT2D eigenvalue weighted by Gasteiger charge is -2.08. The molecule has 4 N–H and O–H groups in total. The third-order valence-corrected chi connectivity index (χ3v) is 3.81. The molecule has 144 valence electrons. The first-order chi connectivity index (χ1) is 13.5. The summed E-state index contributed by atoms with van der Waals surface area (Å²) in [5, 5.41) is 15.9. The molecule has 8 heteroatoms. The number of nitrogens with one attached hydrogen (secondary N) is 2. The van der Waals surface area contributed by atoms with Crippen LogP contribution in [-0.4, -0.2) is 23.9 Å². The summed E-state index contributed by atoms with van der Waals surface area (Å²) in [5.41, 5.74) is 5.30. The maximum absolute atomic E-state index is 12.8. The second-order valence-electron chi connectivity index (χ2n) is 6.08. The van der Waals surface area contributed by atoms with Gasteiger partial charge < -0.3 is 5.32 Å². The predicted molar refractivity (Wildman–Crippen MR) is 111 cm³/mol. The van der Waals surface area contributed by atoms with Crippen molar-refractivity contribution in [2.75, 3.05) is 23.1 Å². The average Bonchev–Trinajstić information content (AvgIpc) is 2.69. The molecule has 0 radical (unpaired) electrons. The fourth-order valence-electron chi connectivity index (χ4n) is 2.27. The van der Waals surface area contributed by atoms with Gasteiger partial charge in [0.25, 0.3) is 5.91 Å². The molecule has 1 aromatic heterocycles. The molecule has 0 aliphatic rings. The van der Waals surface area contributed by atoms with Crippen molar-refractivity contribution in [3.8, 4) is 6.07 Å². The summed E-state index contributed by atoms with van der Waals surface area (Å²) in [7, 11) is 0. The molecule has 2 rings (SSSR count). The number of nitrogens with two attached hydrogens (primary N) is 1. The van der Waals surface area contributed by atoms with E-state index in [1.54, 1.807) is 55.7 Å². The number of aliphatic imine (C=N–C) groups is 1. The highest BCUT2D eigenvalue weighted by Crippen LogP contribution is 2.09. The lowest BCUT2D eigenvalue weighted by atomic mass is 10.2. The van der Waals surface area contributed by atoms with E-state index in [0.717, 1.165) is 12.8 Å². The van der Waals surface area contributed by atoms with Gasteiger partial charge in [-0.15, -0.1) is 0 Å². The summed E-state index contributed by atoms with van der Waals surface area (Å²) in [4.78, 5) is 17.2. The number of rotatable bonds is 8. The molecule has 0 unspecified atom stereocenters. The van der Waals surface area contributed by atoms with Gasteiger partial charge in [-0.3, -0.25) is 15.2 Å². The van der Waals surface area contributed by atoms with Crippen LogP contribution >= 0.6 is 0 Å². The number of aromatic nitrogens is 1. The number of benzene rings is 1. The van der Waals surface area contributed by atoms with Crippen molar-refractivity contribution in [2.24, 2.45) is 10.1 Å². The number of amides is 1. The monoisotopic (exact) mass is 378 g/mol. The second-order valence-corrected chi connectivity index (χ2v) is 6.08. The Morgan fingerprint density at radius 2 is 2.00 bits per heavy atom. The molecule has 0 spiro atoms. The fourth-order valence-corrected chi connectivity index (χ4v) is 2.27. The molecule has 0 fully saturated rings. The SMILES string of the molecule is CCCCN=C(C)C(=NNc1ccc(C#N)cc1)C(=O)Nc1ccc[n+](N)c1. The van der Waals surface area contributed by atoms with E-state index >= 15 is 0 Å². The van der Waals surface area contributed by atoms with Crippen LogP contribution < -0.4 is 21.3 Å². The molecule has 1 heterocycles. The van der Waals surface area contributed by atoms with Gasteiger partial charge in [-0.25, -0.2) is 5.84 Å². The summed E-state index contributed by atoms with van der Waals surface area (Å²) in [6.45, 7) is 4.46. The molecule has 0 bridgehead atoms. The van der Waals surface area contributed by atoms with Gasteiger partial charge in [0.15, 0.2) is 11.9 Å². The number of carbonyl (C=O) groups is 1. The van der Waals surface area contributed by atoms with Crippen LogP contribution in [-0.2, 0) is 4.79 Å². The van der Waals surface area contributed by atoms with Gasteiger partial charge in [-0.05, 0) is 43.7 Å². The van der Waals surface area contributed by atoms with E-state index in [9.17, 15) is 4.79 Å². The zero-order valence-corrected chi connectivity index (χ0v) is 16.0. The van der Waals surface area contributed by atoms with Gasteiger partial charge >= 0.3 is 0 Å². The Hall–Kier alpha value is -3.73. The van der Waals surface area contributed by atoms with Crippen molar-refractivity contribution in [1.29, 1.82) is 5.26 Å². The molecule has 1 aromatic carbocycles. The number of pyridine rings is 1. The van der Waals surface area contributed by atoms with E-state index in [-0.39, 0.29) is 5.71 Å². The van der Waals surface area contributed by atoms with Gasteiger partial charge in [-0.1, -0.05) is 18.0 Å². The molecule has 0 saturated heterocycles. The molecule has 0 atom stereocenters. The minimum atomic E-state index is -0.398. The summed E-state index contributed by atoms with van der Waals surface area (Å²) in [5.74, 6) is 5.29. The Kier molecular flexibility index (Phi) is 7.66. The minimum absolute atomic E-state index is 0.174. The summed E-state index contributed by atoms with van der Waals surface area (Å²) < 4.78 is 1.35. The van der Waals surface area contributed by atoms with Crippen molar-refractivity contribution in [1.82, 2.24) is 0 Å². The zero-order valence-electron chi connectivity index (χ0n) is 16.0. The number of carbonyl (C=O) groups excluding carboxylic acids is 1. The predicted octanol–water partition coefficient (Wildman–Crippen LogP) is 2.23. The largest absolute Gasteiger partial charge is 0.315 e. The Morgan fingerprint density at radius 3 is 2.64 bits per heavy atom. The number of nitrogen functional groups attached to an aromatic ring is 1. The number of anilines is 2. The van der Waals surface area contributed by atoms with Crippen molar-refractivity contribution in [2.45, 2.75) is 26.7 Å². The van der Waals surface area contributed by atoms with Crippen LogP contribution in [0.5, 0.6) is 0 Å². The van der Waals surface area contributed by atoms with Gasteiger partial charge in [0.05, 0.1) is 23.0 Å². The van der Waals surface area contributed by atoms with E-state index in [0.29, 0.717) is 29.2 Å². The van der Waals surface area contributed by atoms with Gasteiger partial charge in [0.2, 0.25) is 6.20 Å². The van der Waals surface area contributed by atoms with Crippen LogP contribution in [0.15, 0.2) is 58.9 Å². The lowest BCUT2D eigenvalue weighted by molar-refractivity contribution is -0.638. The molecular formula is C20H24N7O+. The smallest absolute Gasteiger partial charge is 0.278 e. The van der Waals surface area contributed by atoms with Crippen molar-refractivity contribution < 1.29 is 9.47 Å². The fraction of sp³-hybridized carbons (Fsp3) is 0.250. The van der Waals surface area contributed by atoms with Crippen molar-refractivity contribution in [3.63, 3.8) is 0 Å². The quantitative estimate of drug-likeness (QED) is 0.214. The van der Waals surface area contributed by atoms with Crippen LogP contribution in [0.1, 0.15) is 32.3 Å². The van der Waals surface area contributed by atoms with E-state index < -0.39 is 5.91 Å².